The van der Waals surface area contributed by atoms with Crippen LogP contribution in [0.3, 0.4) is 0 Å². The number of carboxylic acids is 1. The van der Waals surface area contributed by atoms with Crippen molar-refractivity contribution in [2.45, 2.75) is 0 Å². The topological polar surface area (TPSA) is 68.7 Å². The first-order valence-electron chi connectivity index (χ1n) is 5.07. The predicted molar refractivity (Wildman–Crippen MR) is 67.6 cm³/mol. The van der Waals surface area contributed by atoms with Crippen LogP contribution in [0.25, 0.3) is 10.6 Å². The zero-order valence-corrected chi connectivity index (χ0v) is 10.7. The third kappa shape index (κ3) is 2.28. The Balaban J connectivity index is 2.50. The fraction of sp³-hybridized carbons (Fsp3) is 0.167. The molecule has 1 aromatic heterocycles. The molecule has 94 valence electrons. The van der Waals surface area contributed by atoms with Crippen molar-refractivity contribution in [3.8, 4) is 22.1 Å². The van der Waals surface area contributed by atoms with E-state index in [1.165, 1.54) is 16.7 Å². The molecule has 0 atom stereocenters. The van der Waals surface area contributed by atoms with Gasteiger partial charge in [0.25, 0.3) is 0 Å². The maximum absolute atomic E-state index is 10.8. The van der Waals surface area contributed by atoms with Crippen LogP contribution in [0.2, 0.25) is 0 Å². The van der Waals surface area contributed by atoms with E-state index in [1.807, 2.05) is 0 Å². The SMILES string of the molecule is COc1ccc(OC)c(-c2nc(C(=O)O)cs2)c1. The van der Waals surface area contributed by atoms with E-state index in [9.17, 15) is 4.79 Å². The largest absolute Gasteiger partial charge is 0.497 e. The number of hydrogen-bond acceptors (Lipinski definition) is 5. The third-order valence-electron chi connectivity index (χ3n) is 2.36. The summed E-state index contributed by atoms with van der Waals surface area (Å²) in [4.78, 5) is 14.9. The Hall–Kier alpha value is -2.08. The molecule has 6 heteroatoms. The Morgan fingerprint density at radius 3 is 2.67 bits per heavy atom. The number of hydrogen-bond donors (Lipinski definition) is 1. The highest BCUT2D eigenvalue weighted by Crippen LogP contribution is 2.35. The molecule has 0 aliphatic rings. The summed E-state index contributed by atoms with van der Waals surface area (Å²) in [5.74, 6) is 0.249. The van der Waals surface area contributed by atoms with Crippen LogP contribution < -0.4 is 9.47 Å². The molecular formula is C12H11NO4S. The van der Waals surface area contributed by atoms with Gasteiger partial charge >= 0.3 is 5.97 Å². The average molecular weight is 265 g/mol. The number of carbonyl (C=O) groups is 1. The normalized spacial score (nSPS) is 10.1. The molecule has 0 fully saturated rings. The molecule has 0 aliphatic heterocycles. The van der Waals surface area contributed by atoms with E-state index in [-0.39, 0.29) is 5.69 Å². The molecule has 1 N–H and O–H groups in total. The van der Waals surface area contributed by atoms with Crippen molar-refractivity contribution in [1.82, 2.24) is 4.98 Å². The summed E-state index contributed by atoms with van der Waals surface area (Å²) in [6, 6.07) is 5.30. The number of benzene rings is 1. The van der Waals surface area contributed by atoms with E-state index in [0.29, 0.717) is 22.1 Å². The summed E-state index contributed by atoms with van der Waals surface area (Å²) in [6.45, 7) is 0. The number of methoxy groups -OCH3 is 2. The fourth-order valence-electron chi connectivity index (χ4n) is 1.48. The second kappa shape index (κ2) is 5.05. The molecule has 1 aromatic carbocycles. The second-order valence-corrected chi connectivity index (χ2v) is 4.27. The van der Waals surface area contributed by atoms with Gasteiger partial charge in [-0.1, -0.05) is 0 Å². The number of rotatable bonds is 4. The van der Waals surface area contributed by atoms with Crippen molar-refractivity contribution in [3.05, 3.63) is 29.3 Å². The summed E-state index contributed by atoms with van der Waals surface area (Å²) in [5, 5.41) is 10.9. The van der Waals surface area contributed by atoms with Crippen molar-refractivity contribution in [2.75, 3.05) is 14.2 Å². The molecule has 0 aliphatic carbocycles. The number of aromatic nitrogens is 1. The summed E-state index contributed by atoms with van der Waals surface area (Å²) in [6.07, 6.45) is 0. The lowest BCUT2D eigenvalue weighted by molar-refractivity contribution is 0.0691. The second-order valence-electron chi connectivity index (χ2n) is 3.41. The van der Waals surface area contributed by atoms with Gasteiger partial charge in [-0.25, -0.2) is 9.78 Å². The van der Waals surface area contributed by atoms with Crippen LogP contribution in [0.1, 0.15) is 10.5 Å². The monoisotopic (exact) mass is 265 g/mol. The van der Waals surface area contributed by atoms with E-state index in [0.717, 1.165) is 0 Å². The number of aromatic carboxylic acids is 1. The molecule has 0 radical (unpaired) electrons. The summed E-state index contributed by atoms with van der Waals surface area (Å²) < 4.78 is 10.4. The Kier molecular flexibility index (Phi) is 3.47. The van der Waals surface area contributed by atoms with Gasteiger partial charge in [0, 0.05) is 5.38 Å². The maximum atomic E-state index is 10.8. The van der Waals surface area contributed by atoms with Crippen LogP contribution >= 0.6 is 11.3 Å². The molecule has 0 bridgehead atoms. The minimum Gasteiger partial charge on any atom is -0.497 e. The van der Waals surface area contributed by atoms with E-state index in [4.69, 9.17) is 14.6 Å². The maximum Gasteiger partial charge on any atom is 0.355 e. The van der Waals surface area contributed by atoms with Crippen molar-refractivity contribution < 1.29 is 19.4 Å². The van der Waals surface area contributed by atoms with E-state index in [1.54, 1.807) is 32.4 Å². The first-order chi connectivity index (χ1) is 8.65. The van der Waals surface area contributed by atoms with Crippen LogP contribution in [0, 0.1) is 0 Å². The minimum absolute atomic E-state index is 0.0277. The Labute approximate surface area is 108 Å². The molecule has 2 aromatic rings. The highest BCUT2D eigenvalue weighted by Gasteiger charge is 2.14. The first-order valence-corrected chi connectivity index (χ1v) is 5.95. The van der Waals surface area contributed by atoms with Gasteiger partial charge < -0.3 is 14.6 Å². The van der Waals surface area contributed by atoms with Gasteiger partial charge in [-0.05, 0) is 18.2 Å². The lowest BCUT2D eigenvalue weighted by Gasteiger charge is -2.07. The molecule has 0 amide bonds. The summed E-state index contributed by atoms with van der Waals surface area (Å²) in [7, 11) is 3.12. The predicted octanol–water partition coefficient (Wildman–Crippen LogP) is 2.53. The van der Waals surface area contributed by atoms with Gasteiger partial charge in [-0.2, -0.15) is 0 Å². The molecule has 0 saturated carbocycles. The number of ether oxygens (including phenoxy) is 2. The highest BCUT2D eigenvalue weighted by molar-refractivity contribution is 7.13. The van der Waals surface area contributed by atoms with Gasteiger partial charge in [0.2, 0.25) is 0 Å². The Bertz CT molecular complexity index is 579. The van der Waals surface area contributed by atoms with Crippen LogP contribution in [0.15, 0.2) is 23.6 Å². The molecule has 18 heavy (non-hydrogen) atoms. The summed E-state index contributed by atoms with van der Waals surface area (Å²) >= 11 is 1.25. The lowest BCUT2D eigenvalue weighted by Crippen LogP contribution is -1.96. The Morgan fingerprint density at radius 2 is 2.11 bits per heavy atom. The van der Waals surface area contributed by atoms with Crippen molar-refractivity contribution >= 4 is 17.3 Å². The minimum atomic E-state index is -1.04. The summed E-state index contributed by atoms with van der Waals surface area (Å²) in [5.41, 5.74) is 0.745. The van der Waals surface area contributed by atoms with Gasteiger partial charge in [0.05, 0.1) is 19.8 Å². The first kappa shape index (κ1) is 12.4. The van der Waals surface area contributed by atoms with E-state index in [2.05, 4.69) is 4.98 Å². The van der Waals surface area contributed by atoms with Crippen LogP contribution in [0.5, 0.6) is 11.5 Å². The molecule has 2 rings (SSSR count). The Morgan fingerprint density at radius 1 is 1.33 bits per heavy atom. The van der Waals surface area contributed by atoms with Gasteiger partial charge in [0.15, 0.2) is 5.69 Å². The zero-order chi connectivity index (χ0) is 13.1. The lowest BCUT2D eigenvalue weighted by atomic mass is 10.2. The van der Waals surface area contributed by atoms with Crippen molar-refractivity contribution in [3.63, 3.8) is 0 Å². The standard InChI is InChI=1S/C12H11NO4S/c1-16-7-3-4-10(17-2)8(5-7)11-13-9(6-18-11)12(14)15/h3-6H,1-2H3,(H,14,15). The third-order valence-corrected chi connectivity index (χ3v) is 3.24. The molecule has 0 spiro atoms. The highest BCUT2D eigenvalue weighted by atomic mass is 32.1. The number of carboxylic acid groups (broad SMARTS) is 1. The van der Waals surface area contributed by atoms with Crippen LogP contribution in [-0.4, -0.2) is 30.3 Å². The molecule has 1 heterocycles. The van der Waals surface area contributed by atoms with Crippen LogP contribution in [-0.2, 0) is 0 Å². The average Bonchev–Trinajstić information content (AvgIpc) is 2.87. The van der Waals surface area contributed by atoms with E-state index < -0.39 is 5.97 Å². The molecule has 5 nitrogen and oxygen atoms in total. The quantitative estimate of drug-likeness (QED) is 0.920. The van der Waals surface area contributed by atoms with Crippen molar-refractivity contribution in [1.29, 1.82) is 0 Å². The smallest absolute Gasteiger partial charge is 0.355 e. The zero-order valence-electron chi connectivity index (χ0n) is 9.84. The van der Waals surface area contributed by atoms with Gasteiger partial charge in [-0.15, -0.1) is 11.3 Å². The number of nitrogens with zero attached hydrogens (tertiary/aromatic N) is 1. The van der Waals surface area contributed by atoms with Gasteiger partial charge in [-0.3, -0.25) is 0 Å². The fourth-order valence-corrected chi connectivity index (χ4v) is 2.29. The van der Waals surface area contributed by atoms with Gasteiger partial charge in [0.1, 0.15) is 16.5 Å². The van der Waals surface area contributed by atoms with E-state index >= 15 is 0 Å². The number of thiazole rings is 1. The molecular weight excluding hydrogens is 254 g/mol. The molecule has 0 unspecified atom stereocenters. The van der Waals surface area contributed by atoms with Crippen molar-refractivity contribution in [2.24, 2.45) is 0 Å². The molecule has 0 saturated heterocycles. The van der Waals surface area contributed by atoms with Crippen LogP contribution in [0.4, 0.5) is 0 Å².